The lowest BCUT2D eigenvalue weighted by Crippen LogP contribution is -2.01. The number of rotatable bonds is 8. The largest absolute Gasteiger partial charge is 0.493 e. The van der Waals surface area contributed by atoms with Gasteiger partial charge in [0.15, 0.2) is 11.5 Å². The molecule has 2 aromatic rings. The average Bonchev–Trinajstić information content (AvgIpc) is 2.61. The monoisotopic (exact) mass is 313 g/mol. The number of Topliss-reactive ketones (excluding diaryl/α,β-unsaturated/α-hetero) is 1. The minimum Gasteiger partial charge on any atom is -0.493 e. The molecule has 0 atom stereocenters. The molecule has 0 amide bonds. The molecular weight excluding hydrogens is 294 g/mol. The quantitative estimate of drug-likeness (QED) is 0.325. The number of nitrogens with zero attached hydrogens (tertiary/aromatic N) is 1. The van der Waals surface area contributed by atoms with E-state index in [4.69, 9.17) is 14.3 Å². The first-order valence-electron chi connectivity index (χ1n) is 7.20. The van der Waals surface area contributed by atoms with Crippen LogP contribution in [0.1, 0.15) is 15.9 Å². The van der Waals surface area contributed by atoms with E-state index in [-0.39, 0.29) is 5.78 Å². The van der Waals surface area contributed by atoms with Crippen LogP contribution in [0.4, 0.5) is 0 Å². The van der Waals surface area contributed by atoms with Crippen molar-refractivity contribution in [2.24, 2.45) is 5.16 Å². The Morgan fingerprint density at radius 2 is 1.78 bits per heavy atom. The molecule has 0 fully saturated rings. The molecule has 0 aliphatic rings. The summed E-state index contributed by atoms with van der Waals surface area (Å²) in [5, 5.41) is 3.71. The maximum absolute atomic E-state index is 11.8. The summed E-state index contributed by atoms with van der Waals surface area (Å²) in [5.74, 6) is 1.17. The lowest BCUT2D eigenvalue weighted by molar-refractivity contribution is 0.105. The molecule has 0 aromatic heterocycles. The Morgan fingerprint density at radius 3 is 2.48 bits per heavy atom. The minimum absolute atomic E-state index is 0.184. The van der Waals surface area contributed by atoms with E-state index in [0.717, 1.165) is 5.56 Å². The number of carbonyl (C=O) groups excluding carboxylic acids is 1. The molecule has 2 aromatic carbocycles. The van der Waals surface area contributed by atoms with E-state index in [2.05, 4.69) is 5.16 Å². The van der Waals surface area contributed by atoms with Crippen molar-refractivity contribution in [3.8, 4) is 11.5 Å². The average molecular weight is 313 g/mol. The number of methoxy groups -OCH3 is 2. The summed E-state index contributed by atoms with van der Waals surface area (Å²) < 4.78 is 10.4. The normalized spacial score (nSPS) is 10.5. The van der Waals surface area contributed by atoms with Crippen LogP contribution in [0.2, 0.25) is 0 Å². The summed E-state index contributed by atoms with van der Waals surface area (Å²) in [5.41, 5.74) is 1.62. The highest BCUT2D eigenvalue weighted by molar-refractivity contribution is 6.35. The highest BCUT2D eigenvalue weighted by Crippen LogP contribution is 2.27. The van der Waals surface area contributed by atoms with Crippen LogP contribution in [-0.4, -0.2) is 32.8 Å². The molecule has 0 bridgehead atoms. The standard InChI is InChI=1S/C18H19NO4/c1-21-17-9-8-14(12-18(17)22-2)10-11-23-19-13-16(20)15-6-4-3-5-7-15/h3-9,12-13H,10-11H2,1-2H3/b19-13+. The third-order valence-corrected chi connectivity index (χ3v) is 3.23. The fourth-order valence-corrected chi connectivity index (χ4v) is 2.01. The molecule has 23 heavy (non-hydrogen) atoms. The van der Waals surface area contributed by atoms with Gasteiger partial charge in [-0.1, -0.05) is 41.6 Å². The predicted octanol–water partition coefficient (Wildman–Crippen LogP) is 3.13. The van der Waals surface area contributed by atoms with Gasteiger partial charge in [0.25, 0.3) is 0 Å². The molecular formula is C18H19NO4. The summed E-state index contributed by atoms with van der Waals surface area (Å²) in [6, 6.07) is 14.6. The molecule has 0 spiro atoms. The lowest BCUT2D eigenvalue weighted by Gasteiger charge is -2.09. The number of carbonyl (C=O) groups is 1. The van der Waals surface area contributed by atoms with Crippen LogP contribution in [0.3, 0.4) is 0 Å². The van der Waals surface area contributed by atoms with Gasteiger partial charge in [0.05, 0.1) is 14.2 Å². The van der Waals surface area contributed by atoms with Crippen LogP contribution >= 0.6 is 0 Å². The Bertz CT molecular complexity index is 668. The van der Waals surface area contributed by atoms with Gasteiger partial charge in [-0.25, -0.2) is 0 Å². The van der Waals surface area contributed by atoms with E-state index in [9.17, 15) is 4.79 Å². The fraction of sp³-hybridized carbons (Fsp3) is 0.222. The zero-order chi connectivity index (χ0) is 16.5. The third-order valence-electron chi connectivity index (χ3n) is 3.23. The SMILES string of the molecule is COc1ccc(CCO/N=C/C(=O)c2ccccc2)cc1OC. The Labute approximate surface area is 135 Å². The van der Waals surface area contributed by atoms with E-state index in [0.29, 0.717) is 30.1 Å². The molecule has 2 rings (SSSR count). The first-order valence-corrected chi connectivity index (χ1v) is 7.20. The predicted molar refractivity (Wildman–Crippen MR) is 88.5 cm³/mol. The first-order chi connectivity index (χ1) is 11.2. The van der Waals surface area contributed by atoms with Gasteiger partial charge in [0.2, 0.25) is 5.78 Å². The van der Waals surface area contributed by atoms with Crippen LogP contribution < -0.4 is 9.47 Å². The minimum atomic E-state index is -0.184. The Hall–Kier alpha value is -2.82. The number of ketones is 1. The van der Waals surface area contributed by atoms with Gasteiger partial charge >= 0.3 is 0 Å². The molecule has 0 radical (unpaired) electrons. The summed E-state index contributed by atoms with van der Waals surface area (Å²) in [7, 11) is 3.19. The second-order valence-corrected chi connectivity index (χ2v) is 4.74. The molecule has 120 valence electrons. The van der Waals surface area contributed by atoms with Gasteiger partial charge in [-0.3, -0.25) is 4.79 Å². The molecule has 0 saturated carbocycles. The van der Waals surface area contributed by atoms with Gasteiger partial charge in [-0.15, -0.1) is 0 Å². The summed E-state index contributed by atoms with van der Waals surface area (Å²) in [6.07, 6.45) is 1.83. The van der Waals surface area contributed by atoms with Gasteiger partial charge in [-0.05, 0) is 17.7 Å². The molecule has 0 aliphatic carbocycles. The fourth-order valence-electron chi connectivity index (χ4n) is 2.01. The molecule has 0 aliphatic heterocycles. The van der Waals surface area contributed by atoms with E-state index >= 15 is 0 Å². The third kappa shape index (κ3) is 4.85. The zero-order valence-electron chi connectivity index (χ0n) is 13.2. The maximum Gasteiger partial charge on any atom is 0.207 e. The second-order valence-electron chi connectivity index (χ2n) is 4.74. The van der Waals surface area contributed by atoms with E-state index in [1.165, 1.54) is 6.21 Å². The highest BCUT2D eigenvalue weighted by atomic mass is 16.6. The number of benzene rings is 2. The van der Waals surface area contributed by atoms with Crippen molar-refractivity contribution in [2.75, 3.05) is 20.8 Å². The van der Waals surface area contributed by atoms with Crippen molar-refractivity contribution < 1.29 is 19.1 Å². The van der Waals surface area contributed by atoms with Crippen LogP contribution in [-0.2, 0) is 11.3 Å². The summed E-state index contributed by atoms with van der Waals surface area (Å²) >= 11 is 0. The van der Waals surface area contributed by atoms with Crippen molar-refractivity contribution in [3.63, 3.8) is 0 Å². The first kappa shape index (κ1) is 16.5. The Balaban J connectivity index is 1.81. The molecule has 5 heteroatoms. The van der Waals surface area contributed by atoms with Crippen molar-refractivity contribution in [1.82, 2.24) is 0 Å². The smallest absolute Gasteiger partial charge is 0.207 e. The van der Waals surface area contributed by atoms with E-state index < -0.39 is 0 Å². The molecule has 0 saturated heterocycles. The lowest BCUT2D eigenvalue weighted by atomic mass is 10.1. The van der Waals surface area contributed by atoms with Gasteiger partial charge < -0.3 is 14.3 Å². The van der Waals surface area contributed by atoms with Crippen LogP contribution in [0.25, 0.3) is 0 Å². The van der Waals surface area contributed by atoms with Crippen LogP contribution in [0.5, 0.6) is 11.5 Å². The molecule has 5 nitrogen and oxygen atoms in total. The molecule has 0 heterocycles. The van der Waals surface area contributed by atoms with Gasteiger partial charge in [-0.2, -0.15) is 0 Å². The van der Waals surface area contributed by atoms with Crippen molar-refractivity contribution in [1.29, 1.82) is 0 Å². The van der Waals surface area contributed by atoms with Crippen LogP contribution in [0.15, 0.2) is 53.7 Å². The number of oxime groups is 1. The van der Waals surface area contributed by atoms with Gasteiger partial charge in [0, 0.05) is 12.0 Å². The van der Waals surface area contributed by atoms with E-state index in [1.807, 2.05) is 24.3 Å². The maximum atomic E-state index is 11.8. The van der Waals surface area contributed by atoms with Crippen molar-refractivity contribution in [3.05, 3.63) is 59.7 Å². The number of hydrogen-bond donors (Lipinski definition) is 0. The summed E-state index contributed by atoms with van der Waals surface area (Å²) in [6.45, 7) is 0.369. The summed E-state index contributed by atoms with van der Waals surface area (Å²) in [4.78, 5) is 16.9. The van der Waals surface area contributed by atoms with Crippen molar-refractivity contribution in [2.45, 2.75) is 6.42 Å². The van der Waals surface area contributed by atoms with Crippen molar-refractivity contribution >= 4 is 12.0 Å². The number of hydrogen-bond acceptors (Lipinski definition) is 5. The van der Waals surface area contributed by atoms with Crippen LogP contribution in [0, 0.1) is 0 Å². The highest BCUT2D eigenvalue weighted by Gasteiger charge is 2.04. The van der Waals surface area contributed by atoms with Gasteiger partial charge in [0.1, 0.15) is 12.8 Å². The Morgan fingerprint density at radius 1 is 1.04 bits per heavy atom. The second kappa shape index (κ2) is 8.58. The zero-order valence-corrected chi connectivity index (χ0v) is 13.2. The van der Waals surface area contributed by atoms with E-state index in [1.54, 1.807) is 38.5 Å². The molecule has 0 unspecified atom stereocenters. The molecule has 0 N–H and O–H groups in total. The Kier molecular flexibility index (Phi) is 6.17. The topological polar surface area (TPSA) is 57.1 Å². The number of ether oxygens (including phenoxy) is 2.